The molecule has 7 nitrogen and oxygen atoms in total. The summed E-state index contributed by atoms with van der Waals surface area (Å²) in [5.74, 6) is -4.53. The minimum Gasteiger partial charge on any atom is -0.480 e. The third kappa shape index (κ3) is 3.07. The second kappa shape index (κ2) is 7.59. The lowest BCUT2D eigenvalue weighted by molar-refractivity contribution is -0.150. The van der Waals surface area contributed by atoms with Gasteiger partial charge in [0.1, 0.15) is 0 Å². The van der Waals surface area contributed by atoms with Gasteiger partial charge in [0.25, 0.3) is 0 Å². The summed E-state index contributed by atoms with van der Waals surface area (Å²) < 4.78 is 0. The number of carboxylic acids is 1. The van der Waals surface area contributed by atoms with Gasteiger partial charge in [0.2, 0.25) is 11.8 Å². The number of aliphatic hydroxyl groups excluding tert-OH is 1. The first kappa shape index (κ1) is 21.2. The predicted molar refractivity (Wildman–Crippen MR) is 115 cm³/mol. The second-order valence-corrected chi connectivity index (χ2v) is 8.45. The number of nitrogens with one attached hydrogen (secondary N) is 1. The van der Waals surface area contributed by atoms with Crippen molar-refractivity contribution in [2.45, 2.75) is 38.8 Å². The number of hydrogen-bond donors (Lipinski definition) is 3. The SMILES string of the molecule is CCc1ccc(N2C(=O)C3C(c4cc(C)ccc4C)NC(CO)(C(=O)O)C3C2=O)cc1. The minimum atomic E-state index is -1.93. The van der Waals surface area contributed by atoms with Crippen molar-refractivity contribution >= 4 is 23.5 Å². The van der Waals surface area contributed by atoms with Gasteiger partial charge in [-0.1, -0.05) is 42.8 Å². The first-order valence-corrected chi connectivity index (χ1v) is 10.4. The second-order valence-electron chi connectivity index (χ2n) is 8.45. The molecule has 3 N–H and O–H groups in total. The van der Waals surface area contributed by atoms with Gasteiger partial charge in [-0.15, -0.1) is 0 Å². The molecule has 2 aliphatic heterocycles. The number of carbonyl (C=O) groups is 3. The number of aryl methyl sites for hydroxylation is 3. The molecule has 2 saturated heterocycles. The van der Waals surface area contributed by atoms with Gasteiger partial charge in [-0.3, -0.25) is 19.7 Å². The van der Waals surface area contributed by atoms with E-state index in [4.69, 9.17) is 0 Å². The highest BCUT2D eigenvalue weighted by Gasteiger charge is 2.68. The van der Waals surface area contributed by atoms with E-state index in [0.29, 0.717) is 5.69 Å². The third-order valence-electron chi connectivity index (χ3n) is 6.66. The summed E-state index contributed by atoms with van der Waals surface area (Å²) in [7, 11) is 0. The van der Waals surface area contributed by atoms with Crippen molar-refractivity contribution in [2.24, 2.45) is 11.8 Å². The Morgan fingerprint density at radius 1 is 1.10 bits per heavy atom. The van der Waals surface area contributed by atoms with Crippen molar-refractivity contribution in [3.05, 3.63) is 64.7 Å². The van der Waals surface area contributed by atoms with Crippen molar-refractivity contribution in [3.8, 4) is 0 Å². The van der Waals surface area contributed by atoms with Crippen LogP contribution >= 0.6 is 0 Å². The van der Waals surface area contributed by atoms with Crippen LogP contribution < -0.4 is 10.2 Å². The highest BCUT2D eigenvalue weighted by molar-refractivity contribution is 6.24. The lowest BCUT2D eigenvalue weighted by atomic mass is 9.79. The zero-order chi connectivity index (χ0) is 22.5. The van der Waals surface area contributed by atoms with Gasteiger partial charge < -0.3 is 10.2 Å². The van der Waals surface area contributed by atoms with Crippen LogP contribution in [0.2, 0.25) is 0 Å². The van der Waals surface area contributed by atoms with Crippen LogP contribution in [0.25, 0.3) is 0 Å². The standard InChI is InChI=1S/C24H26N2O5/c1-4-15-7-9-16(10-8-15)26-21(28)18-19(22(26)29)24(12-27,23(30)31)25-20(18)17-11-13(2)5-6-14(17)3/h5-11,18-20,25,27H,4,12H2,1-3H3,(H,30,31). The Morgan fingerprint density at radius 2 is 1.77 bits per heavy atom. The van der Waals surface area contributed by atoms with E-state index in [0.717, 1.165) is 33.6 Å². The molecular formula is C24H26N2O5. The number of rotatable bonds is 5. The Bertz CT molecular complexity index is 1060. The summed E-state index contributed by atoms with van der Waals surface area (Å²) in [6.45, 7) is 5.00. The number of amides is 2. The maximum absolute atomic E-state index is 13.5. The number of carbonyl (C=O) groups excluding carboxylic acids is 2. The van der Waals surface area contributed by atoms with Crippen molar-refractivity contribution in [3.63, 3.8) is 0 Å². The molecule has 2 aromatic carbocycles. The van der Waals surface area contributed by atoms with E-state index in [1.54, 1.807) is 12.1 Å². The Labute approximate surface area is 180 Å². The monoisotopic (exact) mass is 422 g/mol. The molecular weight excluding hydrogens is 396 g/mol. The average Bonchev–Trinajstić information content (AvgIpc) is 3.24. The molecule has 31 heavy (non-hydrogen) atoms. The number of carboxylic acid groups (broad SMARTS) is 1. The van der Waals surface area contributed by atoms with E-state index >= 15 is 0 Å². The molecule has 0 radical (unpaired) electrons. The summed E-state index contributed by atoms with van der Waals surface area (Å²) in [4.78, 5) is 40.4. The number of fused-ring (bicyclic) bond motifs is 1. The van der Waals surface area contributed by atoms with Gasteiger partial charge in [0.15, 0.2) is 5.54 Å². The first-order chi connectivity index (χ1) is 14.7. The molecule has 0 saturated carbocycles. The first-order valence-electron chi connectivity index (χ1n) is 10.4. The third-order valence-corrected chi connectivity index (χ3v) is 6.66. The smallest absolute Gasteiger partial charge is 0.327 e. The maximum atomic E-state index is 13.5. The zero-order valence-corrected chi connectivity index (χ0v) is 17.8. The largest absolute Gasteiger partial charge is 0.480 e. The van der Waals surface area contributed by atoms with E-state index in [1.165, 1.54) is 0 Å². The molecule has 4 unspecified atom stereocenters. The summed E-state index contributed by atoms with van der Waals surface area (Å²) >= 11 is 0. The quantitative estimate of drug-likeness (QED) is 0.638. The highest BCUT2D eigenvalue weighted by Crippen LogP contribution is 2.50. The van der Waals surface area contributed by atoms with E-state index in [-0.39, 0.29) is 0 Å². The molecule has 2 amide bonds. The molecule has 4 atom stereocenters. The fraction of sp³-hybridized carbons (Fsp3) is 0.375. The van der Waals surface area contributed by atoms with Gasteiger partial charge in [-0.05, 0) is 49.1 Å². The minimum absolute atomic E-state index is 0.415. The van der Waals surface area contributed by atoms with Crippen molar-refractivity contribution in [1.82, 2.24) is 5.32 Å². The van der Waals surface area contributed by atoms with Crippen LogP contribution in [-0.4, -0.2) is 40.1 Å². The van der Waals surface area contributed by atoms with Gasteiger partial charge in [0.05, 0.1) is 24.1 Å². The molecule has 0 aromatic heterocycles. The fourth-order valence-electron chi connectivity index (χ4n) is 4.91. The molecule has 2 fully saturated rings. The normalized spacial score (nSPS) is 27.6. The van der Waals surface area contributed by atoms with Crippen LogP contribution in [0.15, 0.2) is 42.5 Å². The highest BCUT2D eigenvalue weighted by atomic mass is 16.4. The zero-order valence-electron chi connectivity index (χ0n) is 17.8. The van der Waals surface area contributed by atoms with Gasteiger partial charge >= 0.3 is 5.97 Å². The fourth-order valence-corrected chi connectivity index (χ4v) is 4.91. The topological polar surface area (TPSA) is 107 Å². The summed E-state index contributed by atoms with van der Waals surface area (Å²) in [6.07, 6.45) is 0.818. The Morgan fingerprint density at radius 3 is 2.35 bits per heavy atom. The molecule has 2 heterocycles. The van der Waals surface area contributed by atoms with Crippen LogP contribution in [0.5, 0.6) is 0 Å². The Balaban J connectivity index is 1.85. The van der Waals surface area contributed by atoms with Crippen molar-refractivity contribution < 1.29 is 24.6 Å². The number of anilines is 1. The number of hydrogen-bond acceptors (Lipinski definition) is 5. The van der Waals surface area contributed by atoms with E-state index < -0.39 is 47.8 Å². The molecule has 2 aromatic rings. The van der Waals surface area contributed by atoms with E-state index in [1.807, 2.05) is 51.1 Å². The number of nitrogens with zero attached hydrogens (tertiary/aromatic N) is 1. The Kier molecular flexibility index (Phi) is 5.19. The van der Waals surface area contributed by atoms with Gasteiger partial charge in [-0.25, -0.2) is 4.90 Å². The molecule has 162 valence electrons. The number of aliphatic hydroxyl groups is 1. The summed E-state index contributed by atoms with van der Waals surface area (Å²) in [6, 6.07) is 12.1. The molecule has 0 bridgehead atoms. The van der Waals surface area contributed by atoms with E-state index in [9.17, 15) is 24.6 Å². The molecule has 4 rings (SSSR count). The lowest BCUT2D eigenvalue weighted by Gasteiger charge is -2.29. The van der Waals surface area contributed by atoms with Crippen LogP contribution in [-0.2, 0) is 20.8 Å². The average molecular weight is 422 g/mol. The molecule has 0 aliphatic carbocycles. The number of imide groups is 1. The number of benzene rings is 2. The summed E-state index contributed by atoms with van der Waals surface area (Å²) in [5.41, 5.74) is 2.14. The van der Waals surface area contributed by atoms with Crippen LogP contribution in [0, 0.1) is 25.7 Å². The maximum Gasteiger partial charge on any atom is 0.327 e. The van der Waals surface area contributed by atoms with Crippen LogP contribution in [0.3, 0.4) is 0 Å². The summed E-state index contributed by atoms with van der Waals surface area (Å²) in [5, 5.41) is 23.1. The van der Waals surface area contributed by atoms with Crippen LogP contribution in [0.1, 0.15) is 35.2 Å². The lowest BCUT2D eigenvalue weighted by Crippen LogP contribution is -2.58. The van der Waals surface area contributed by atoms with Gasteiger partial charge in [-0.2, -0.15) is 0 Å². The number of aliphatic carboxylic acids is 1. The Hall–Kier alpha value is -3.03. The molecule has 7 heteroatoms. The van der Waals surface area contributed by atoms with Crippen molar-refractivity contribution in [1.29, 1.82) is 0 Å². The van der Waals surface area contributed by atoms with Gasteiger partial charge in [0, 0.05) is 6.04 Å². The van der Waals surface area contributed by atoms with Crippen LogP contribution in [0.4, 0.5) is 5.69 Å². The van der Waals surface area contributed by atoms with E-state index in [2.05, 4.69) is 5.32 Å². The van der Waals surface area contributed by atoms with Crippen molar-refractivity contribution in [2.75, 3.05) is 11.5 Å². The predicted octanol–water partition coefficient (Wildman–Crippen LogP) is 2.13. The molecule has 2 aliphatic rings. The molecule has 0 spiro atoms.